The lowest BCUT2D eigenvalue weighted by Crippen LogP contribution is -2.10. The maximum Gasteiger partial charge on any atom is 0.311 e. The summed E-state index contributed by atoms with van der Waals surface area (Å²) in [6, 6.07) is 9.99. The zero-order chi connectivity index (χ0) is 18.4. The molecule has 0 amide bonds. The Kier molecular flexibility index (Phi) is 6.61. The Morgan fingerprint density at radius 1 is 1.28 bits per heavy atom. The van der Waals surface area contributed by atoms with E-state index in [9.17, 15) is 10.1 Å². The van der Waals surface area contributed by atoms with Crippen LogP contribution in [-0.2, 0) is 6.54 Å². The smallest absolute Gasteiger partial charge is 0.311 e. The molecule has 2 aromatic rings. The van der Waals surface area contributed by atoms with Gasteiger partial charge in [-0.3, -0.25) is 10.1 Å². The van der Waals surface area contributed by atoms with Crippen LogP contribution in [0.2, 0.25) is 10.0 Å². The summed E-state index contributed by atoms with van der Waals surface area (Å²) in [6.45, 7) is 4.22. The van der Waals surface area contributed by atoms with E-state index in [-0.39, 0.29) is 11.4 Å². The number of nitrogens with zero attached hydrogens (tertiary/aromatic N) is 2. The zero-order valence-corrected chi connectivity index (χ0v) is 15.3. The third kappa shape index (κ3) is 4.84. The summed E-state index contributed by atoms with van der Waals surface area (Å²) in [5.74, 6) is 0.236. The van der Waals surface area contributed by atoms with Gasteiger partial charge in [-0.2, -0.15) is 5.10 Å². The van der Waals surface area contributed by atoms with Crippen molar-refractivity contribution in [3.63, 3.8) is 0 Å². The average Bonchev–Trinajstić information content (AvgIpc) is 2.57. The molecule has 0 atom stereocenters. The Morgan fingerprint density at radius 2 is 1.96 bits per heavy atom. The number of hydrogen-bond acceptors (Lipinski definition) is 5. The molecule has 6 nitrogen and oxygen atoms in total. The summed E-state index contributed by atoms with van der Waals surface area (Å²) >= 11 is 12.2. The van der Waals surface area contributed by atoms with Crippen molar-refractivity contribution in [2.75, 3.05) is 6.61 Å². The van der Waals surface area contributed by atoms with Gasteiger partial charge in [-0.15, -0.1) is 0 Å². The first-order valence-electron chi connectivity index (χ1n) is 7.55. The topological polar surface area (TPSA) is 76.8 Å². The van der Waals surface area contributed by atoms with E-state index in [2.05, 4.69) is 10.5 Å². The van der Waals surface area contributed by atoms with E-state index in [0.717, 1.165) is 5.56 Å². The van der Waals surface area contributed by atoms with Crippen LogP contribution in [0.25, 0.3) is 0 Å². The van der Waals surface area contributed by atoms with Gasteiger partial charge in [0.2, 0.25) is 0 Å². The van der Waals surface area contributed by atoms with E-state index in [4.69, 9.17) is 27.9 Å². The number of benzene rings is 2. The van der Waals surface area contributed by atoms with Gasteiger partial charge in [-0.1, -0.05) is 29.3 Å². The molecule has 2 rings (SSSR count). The van der Waals surface area contributed by atoms with Gasteiger partial charge in [-0.25, -0.2) is 0 Å². The van der Waals surface area contributed by atoms with Crippen molar-refractivity contribution in [2.45, 2.75) is 20.4 Å². The Balaban J connectivity index is 2.16. The van der Waals surface area contributed by atoms with Crippen molar-refractivity contribution >= 4 is 34.6 Å². The molecular weight excluding hydrogens is 365 g/mol. The molecule has 0 aromatic heterocycles. The lowest BCUT2D eigenvalue weighted by atomic mass is 10.1. The van der Waals surface area contributed by atoms with E-state index >= 15 is 0 Å². The van der Waals surface area contributed by atoms with E-state index in [1.54, 1.807) is 44.2 Å². The van der Waals surface area contributed by atoms with E-state index in [1.807, 2.05) is 0 Å². The van der Waals surface area contributed by atoms with Gasteiger partial charge in [0.1, 0.15) is 0 Å². The Labute approximate surface area is 155 Å². The SMILES string of the molecule is CCOc1ccc(/C(C)=N\NCc2c(Cl)cccc2Cl)cc1[N+](=O)[O-]. The van der Waals surface area contributed by atoms with Gasteiger partial charge in [-0.05, 0) is 38.1 Å². The molecule has 0 unspecified atom stereocenters. The number of hydrazone groups is 1. The number of rotatable bonds is 7. The van der Waals surface area contributed by atoms with Gasteiger partial charge >= 0.3 is 5.69 Å². The highest BCUT2D eigenvalue weighted by molar-refractivity contribution is 6.35. The highest BCUT2D eigenvalue weighted by atomic mass is 35.5. The number of nitro benzene ring substituents is 1. The van der Waals surface area contributed by atoms with Crippen LogP contribution < -0.4 is 10.2 Å². The molecule has 132 valence electrons. The number of ether oxygens (including phenoxy) is 1. The molecule has 0 aliphatic carbocycles. The molecule has 1 N–H and O–H groups in total. The second-order valence-corrected chi connectivity index (χ2v) is 5.92. The Morgan fingerprint density at radius 3 is 2.56 bits per heavy atom. The summed E-state index contributed by atoms with van der Waals surface area (Å²) in [7, 11) is 0. The van der Waals surface area contributed by atoms with E-state index in [0.29, 0.717) is 34.5 Å². The quantitative estimate of drug-likeness (QED) is 0.423. The summed E-state index contributed by atoms with van der Waals surface area (Å²) < 4.78 is 5.27. The minimum atomic E-state index is -0.473. The molecule has 0 heterocycles. The van der Waals surface area contributed by atoms with Crippen LogP contribution in [0.3, 0.4) is 0 Å². The standard InChI is InChI=1S/C17H17Cl2N3O3/c1-3-25-17-8-7-12(9-16(17)22(23)24)11(2)21-20-10-13-14(18)5-4-6-15(13)19/h4-9,20H,3,10H2,1-2H3/b21-11-. The third-order valence-corrected chi connectivity index (χ3v) is 4.15. The van der Waals surface area contributed by atoms with Crippen molar-refractivity contribution in [1.82, 2.24) is 5.43 Å². The molecule has 0 saturated carbocycles. The van der Waals surface area contributed by atoms with Crippen molar-refractivity contribution in [3.05, 3.63) is 67.7 Å². The Hall–Kier alpha value is -2.31. The first kappa shape index (κ1) is 19.0. The molecule has 0 aliphatic heterocycles. The lowest BCUT2D eigenvalue weighted by molar-refractivity contribution is -0.385. The fourth-order valence-electron chi connectivity index (χ4n) is 2.17. The van der Waals surface area contributed by atoms with Crippen LogP contribution in [0.4, 0.5) is 5.69 Å². The highest BCUT2D eigenvalue weighted by Crippen LogP contribution is 2.28. The van der Waals surface area contributed by atoms with Crippen molar-refractivity contribution in [2.24, 2.45) is 5.10 Å². The molecule has 0 aliphatic rings. The van der Waals surface area contributed by atoms with Crippen LogP contribution >= 0.6 is 23.2 Å². The average molecular weight is 382 g/mol. The largest absolute Gasteiger partial charge is 0.487 e. The number of nitrogens with one attached hydrogen (secondary N) is 1. The van der Waals surface area contributed by atoms with Crippen molar-refractivity contribution in [3.8, 4) is 5.75 Å². The van der Waals surface area contributed by atoms with E-state index in [1.165, 1.54) is 6.07 Å². The van der Waals surface area contributed by atoms with Gasteiger partial charge in [0, 0.05) is 27.2 Å². The van der Waals surface area contributed by atoms with Crippen LogP contribution in [0.5, 0.6) is 5.75 Å². The van der Waals surface area contributed by atoms with Crippen LogP contribution in [0, 0.1) is 10.1 Å². The molecule has 8 heteroatoms. The lowest BCUT2D eigenvalue weighted by Gasteiger charge is -2.08. The van der Waals surface area contributed by atoms with Crippen molar-refractivity contribution < 1.29 is 9.66 Å². The number of halogens is 2. The summed E-state index contributed by atoms with van der Waals surface area (Å²) in [6.07, 6.45) is 0. The van der Waals surface area contributed by atoms with Gasteiger partial charge in [0.05, 0.1) is 23.8 Å². The molecule has 0 radical (unpaired) electrons. The predicted octanol–water partition coefficient (Wildman–Crippen LogP) is 4.81. The third-order valence-electron chi connectivity index (χ3n) is 3.44. The summed E-state index contributed by atoms with van der Waals surface area (Å²) in [5, 5.41) is 16.5. The first-order chi connectivity index (χ1) is 11.9. The highest BCUT2D eigenvalue weighted by Gasteiger charge is 2.16. The predicted molar refractivity (Wildman–Crippen MR) is 99.8 cm³/mol. The first-order valence-corrected chi connectivity index (χ1v) is 8.31. The fraction of sp³-hybridized carbons (Fsp3) is 0.235. The fourth-order valence-corrected chi connectivity index (χ4v) is 2.70. The molecule has 0 bridgehead atoms. The molecule has 25 heavy (non-hydrogen) atoms. The zero-order valence-electron chi connectivity index (χ0n) is 13.8. The number of nitro groups is 1. The molecule has 0 spiro atoms. The maximum atomic E-state index is 11.2. The second-order valence-electron chi connectivity index (χ2n) is 5.10. The molecular formula is C17H17Cl2N3O3. The van der Waals surface area contributed by atoms with Crippen LogP contribution in [-0.4, -0.2) is 17.2 Å². The van der Waals surface area contributed by atoms with Gasteiger partial charge in [0.25, 0.3) is 0 Å². The van der Waals surface area contributed by atoms with Crippen LogP contribution in [0.15, 0.2) is 41.5 Å². The normalized spacial score (nSPS) is 11.3. The summed E-state index contributed by atoms with van der Waals surface area (Å²) in [4.78, 5) is 10.7. The van der Waals surface area contributed by atoms with Gasteiger partial charge in [0.15, 0.2) is 5.75 Å². The summed E-state index contributed by atoms with van der Waals surface area (Å²) in [5.41, 5.74) is 4.74. The molecule has 2 aromatic carbocycles. The minimum Gasteiger partial charge on any atom is -0.487 e. The molecule has 0 fully saturated rings. The van der Waals surface area contributed by atoms with Gasteiger partial charge < -0.3 is 10.2 Å². The Bertz CT molecular complexity index is 789. The maximum absolute atomic E-state index is 11.2. The second kappa shape index (κ2) is 8.69. The van der Waals surface area contributed by atoms with Crippen molar-refractivity contribution in [1.29, 1.82) is 0 Å². The van der Waals surface area contributed by atoms with Crippen LogP contribution in [0.1, 0.15) is 25.0 Å². The number of hydrogen-bond donors (Lipinski definition) is 1. The monoisotopic (exact) mass is 381 g/mol. The van der Waals surface area contributed by atoms with E-state index < -0.39 is 4.92 Å². The minimum absolute atomic E-state index is 0.0944. The molecule has 0 saturated heterocycles.